The summed E-state index contributed by atoms with van der Waals surface area (Å²) in [7, 11) is 1.61. The zero-order valence-corrected chi connectivity index (χ0v) is 15.7. The number of hydrogen-bond acceptors (Lipinski definition) is 6. The number of aromatic nitrogens is 2. The molecule has 2 atom stereocenters. The number of hydrogen-bond donors (Lipinski definition) is 3. The van der Waals surface area contributed by atoms with Crippen LogP contribution in [0.2, 0.25) is 0 Å². The molecule has 2 unspecified atom stereocenters. The highest BCUT2D eigenvalue weighted by molar-refractivity contribution is 6.00. The summed E-state index contributed by atoms with van der Waals surface area (Å²) >= 11 is 0. The smallest absolute Gasteiger partial charge is 0.407 e. The Bertz CT molecular complexity index is 992. The Balaban J connectivity index is 1.85. The maximum absolute atomic E-state index is 12.7. The highest BCUT2D eigenvalue weighted by atomic mass is 16.6. The fourth-order valence-electron chi connectivity index (χ4n) is 3.20. The first kappa shape index (κ1) is 19.6. The number of amides is 3. The molecular formula is C18H23N5O5. The molecule has 1 aromatic carbocycles. The third-order valence-electron chi connectivity index (χ3n) is 4.75. The van der Waals surface area contributed by atoms with Crippen LogP contribution < -0.4 is 22.1 Å². The van der Waals surface area contributed by atoms with Crippen LogP contribution in [-0.2, 0) is 27.9 Å². The van der Waals surface area contributed by atoms with E-state index in [1.807, 2.05) is 0 Å². The highest BCUT2D eigenvalue weighted by Gasteiger charge is 2.31. The number of aryl methyl sites for hydroxylation is 1. The van der Waals surface area contributed by atoms with Crippen LogP contribution in [0.5, 0.6) is 0 Å². The van der Waals surface area contributed by atoms with Gasteiger partial charge in [-0.15, -0.1) is 0 Å². The van der Waals surface area contributed by atoms with Crippen LogP contribution in [-0.4, -0.2) is 39.7 Å². The van der Waals surface area contributed by atoms with Gasteiger partial charge in [0.1, 0.15) is 12.1 Å². The van der Waals surface area contributed by atoms with Crippen molar-refractivity contribution in [3.8, 4) is 0 Å². The van der Waals surface area contributed by atoms with Gasteiger partial charge in [-0.25, -0.2) is 9.59 Å². The van der Waals surface area contributed by atoms with Gasteiger partial charge in [-0.3, -0.25) is 24.0 Å². The lowest BCUT2D eigenvalue weighted by Crippen LogP contribution is -2.44. The van der Waals surface area contributed by atoms with Crippen molar-refractivity contribution in [1.82, 2.24) is 19.8 Å². The monoisotopic (exact) mass is 389 g/mol. The van der Waals surface area contributed by atoms with E-state index < -0.39 is 18.0 Å². The van der Waals surface area contributed by atoms with Gasteiger partial charge in [-0.05, 0) is 31.0 Å². The number of imide groups is 1. The zero-order valence-electron chi connectivity index (χ0n) is 15.7. The number of carbonyl (C=O) groups is 3. The van der Waals surface area contributed by atoms with E-state index in [4.69, 9.17) is 10.5 Å². The molecule has 0 spiro atoms. The van der Waals surface area contributed by atoms with Crippen LogP contribution >= 0.6 is 0 Å². The van der Waals surface area contributed by atoms with E-state index in [0.29, 0.717) is 11.0 Å². The summed E-state index contributed by atoms with van der Waals surface area (Å²) in [6.07, 6.45) is -0.498. The van der Waals surface area contributed by atoms with Crippen molar-refractivity contribution in [3.05, 3.63) is 34.2 Å². The standard InChI is InChI=1S/C18H23N5O5/c1-10(8-19)28-17(26)20-9-11-3-4-12-14(7-11)22(2)18(27)23(12)13-5-6-15(24)21-16(13)25/h3-4,7,10,13H,5-6,8-9,19H2,1-2H3,(H,20,26)(H,21,24,25). The van der Waals surface area contributed by atoms with E-state index in [0.717, 1.165) is 5.56 Å². The molecule has 4 N–H and O–H groups in total. The molecule has 10 nitrogen and oxygen atoms in total. The van der Waals surface area contributed by atoms with Crippen molar-refractivity contribution < 1.29 is 19.1 Å². The SMILES string of the molecule is CC(CN)OC(=O)NCc1ccc2c(c1)n(C)c(=O)n2C1CCC(=O)NC1=O. The summed E-state index contributed by atoms with van der Waals surface area (Å²) in [4.78, 5) is 48.0. The Kier molecular flexibility index (Phi) is 5.50. The quantitative estimate of drug-likeness (QED) is 0.610. The van der Waals surface area contributed by atoms with Gasteiger partial charge in [0.25, 0.3) is 0 Å². The molecule has 3 rings (SSSR count). The van der Waals surface area contributed by atoms with Gasteiger partial charge in [0.15, 0.2) is 0 Å². The molecule has 2 heterocycles. The van der Waals surface area contributed by atoms with Gasteiger partial charge in [0, 0.05) is 26.6 Å². The Morgan fingerprint density at radius 3 is 2.79 bits per heavy atom. The van der Waals surface area contributed by atoms with Crippen LogP contribution in [0.3, 0.4) is 0 Å². The summed E-state index contributed by atoms with van der Waals surface area (Å²) in [5.41, 5.74) is 7.05. The second-order valence-electron chi connectivity index (χ2n) is 6.81. The molecule has 28 heavy (non-hydrogen) atoms. The third-order valence-corrected chi connectivity index (χ3v) is 4.75. The maximum Gasteiger partial charge on any atom is 0.407 e. The first-order valence-corrected chi connectivity index (χ1v) is 9.00. The Labute approximate surface area is 160 Å². The molecule has 1 aromatic heterocycles. The molecule has 150 valence electrons. The number of fused-ring (bicyclic) bond motifs is 1. The van der Waals surface area contributed by atoms with Gasteiger partial charge in [0.05, 0.1) is 11.0 Å². The van der Waals surface area contributed by atoms with Crippen LogP contribution in [0.4, 0.5) is 4.79 Å². The van der Waals surface area contributed by atoms with Crippen LogP contribution in [0.25, 0.3) is 11.0 Å². The summed E-state index contributed by atoms with van der Waals surface area (Å²) in [5.74, 6) is -0.813. The average Bonchev–Trinajstić information content (AvgIpc) is 2.91. The minimum Gasteiger partial charge on any atom is -0.445 e. The second kappa shape index (κ2) is 7.85. The molecule has 1 fully saturated rings. The molecule has 1 aliphatic rings. The van der Waals surface area contributed by atoms with Crippen molar-refractivity contribution in [3.63, 3.8) is 0 Å². The zero-order chi connectivity index (χ0) is 20.4. The predicted molar refractivity (Wildman–Crippen MR) is 100 cm³/mol. The molecule has 0 bridgehead atoms. The van der Waals surface area contributed by atoms with Crippen molar-refractivity contribution in [2.75, 3.05) is 6.54 Å². The van der Waals surface area contributed by atoms with Gasteiger partial charge < -0.3 is 15.8 Å². The minimum absolute atomic E-state index is 0.185. The molecule has 0 radical (unpaired) electrons. The van der Waals surface area contributed by atoms with Crippen LogP contribution in [0.15, 0.2) is 23.0 Å². The number of rotatable bonds is 5. The molecule has 1 aliphatic heterocycles. The second-order valence-corrected chi connectivity index (χ2v) is 6.81. The molecule has 2 aromatic rings. The van der Waals surface area contributed by atoms with E-state index in [1.165, 1.54) is 9.13 Å². The highest BCUT2D eigenvalue weighted by Crippen LogP contribution is 2.23. The summed E-state index contributed by atoms with van der Waals surface area (Å²) in [6.45, 7) is 2.14. The number of alkyl carbamates (subject to hydrolysis) is 1. The third kappa shape index (κ3) is 3.77. The van der Waals surface area contributed by atoms with E-state index >= 15 is 0 Å². The topological polar surface area (TPSA) is 137 Å². The fraction of sp³-hybridized carbons (Fsp3) is 0.444. The molecule has 10 heteroatoms. The fourth-order valence-corrected chi connectivity index (χ4v) is 3.20. The normalized spacial score (nSPS) is 18.0. The molecule has 3 amide bonds. The number of piperidine rings is 1. The lowest BCUT2D eigenvalue weighted by molar-refractivity contribution is -0.135. The number of ether oxygens (including phenoxy) is 1. The van der Waals surface area contributed by atoms with E-state index in [-0.39, 0.29) is 43.6 Å². The first-order chi connectivity index (χ1) is 13.3. The summed E-state index contributed by atoms with van der Waals surface area (Å²) < 4.78 is 7.90. The van der Waals surface area contributed by atoms with E-state index in [1.54, 1.807) is 32.2 Å². The minimum atomic E-state index is -0.731. The number of nitrogens with two attached hydrogens (primary N) is 1. The van der Waals surface area contributed by atoms with Crippen LogP contribution in [0, 0.1) is 0 Å². The van der Waals surface area contributed by atoms with Gasteiger partial charge in [-0.2, -0.15) is 0 Å². The number of benzene rings is 1. The maximum atomic E-state index is 12.7. The Morgan fingerprint density at radius 2 is 2.11 bits per heavy atom. The van der Waals surface area contributed by atoms with Gasteiger partial charge in [0.2, 0.25) is 11.8 Å². The van der Waals surface area contributed by atoms with E-state index in [2.05, 4.69) is 10.6 Å². The molecular weight excluding hydrogens is 366 g/mol. The number of nitrogens with one attached hydrogen (secondary N) is 2. The molecule has 1 saturated heterocycles. The lowest BCUT2D eigenvalue weighted by atomic mass is 10.1. The number of imidazole rings is 1. The average molecular weight is 389 g/mol. The van der Waals surface area contributed by atoms with Crippen molar-refractivity contribution in [2.24, 2.45) is 12.8 Å². The Morgan fingerprint density at radius 1 is 1.36 bits per heavy atom. The number of nitrogens with zero attached hydrogens (tertiary/aromatic N) is 2. The molecule has 0 aliphatic carbocycles. The van der Waals surface area contributed by atoms with Crippen molar-refractivity contribution >= 4 is 28.9 Å². The summed E-state index contributed by atoms with van der Waals surface area (Å²) in [5, 5.41) is 4.91. The predicted octanol–water partition coefficient (Wildman–Crippen LogP) is -0.109. The van der Waals surface area contributed by atoms with Crippen molar-refractivity contribution in [1.29, 1.82) is 0 Å². The summed E-state index contributed by atoms with van der Waals surface area (Å²) in [6, 6.07) is 4.53. The Hall–Kier alpha value is -3.14. The van der Waals surface area contributed by atoms with Gasteiger partial charge in [-0.1, -0.05) is 6.07 Å². The first-order valence-electron chi connectivity index (χ1n) is 9.00. The van der Waals surface area contributed by atoms with Crippen molar-refractivity contribution in [2.45, 2.75) is 38.5 Å². The largest absolute Gasteiger partial charge is 0.445 e. The van der Waals surface area contributed by atoms with Crippen LogP contribution in [0.1, 0.15) is 31.4 Å². The number of carbonyl (C=O) groups excluding carboxylic acids is 3. The lowest BCUT2D eigenvalue weighted by Gasteiger charge is -2.21. The van der Waals surface area contributed by atoms with E-state index in [9.17, 15) is 19.2 Å². The van der Waals surface area contributed by atoms with Gasteiger partial charge >= 0.3 is 11.8 Å². The molecule has 0 saturated carbocycles.